The summed E-state index contributed by atoms with van der Waals surface area (Å²) in [5, 5.41) is 4.29. The maximum absolute atomic E-state index is 12.3. The van der Waals surface area contributed by atoms with Gasteiger partial charge in [-0.05, 0) is 44.2 Å². The number of nitrogens with one attached hydrogen (secondary N) is 1. The van der Waals surface area contributed by atoms with Crippen molar-refractivity contribution in [3.8, 4) is 5.75 Å². The lowest BCUT2D eigenvalue weighted by molar-refractivity contribution is 0.0952. The van der Waals surface area contributed by atoms with Gasteiger partial charge in [0.25, 0.3) is 5.91 Å². The Bertz CT molecular complexity index is 986. The van der Waals surface area contributed by atoms with E-state index in [4.69, 9.17) is 9.15 Å². The molecule has 0 atom stereocenters. The molecule has 6 nitrogen and oxygen atoms in total. The number of hydrogen-bond donors (Lipinski definition) is 1. The highest BCUT2D eigenvalue weighted by molar-refractivity contribution is 7.99. The number of fused-ring (bicyclic) bond motifs is 1. The molecule has 2 heterocycles. The maximum Gasteiger partial charge on any atom is 0.349 e. The Balaban J connectivity index is 1.65. The number of carbonyl (C=O) groups excluding carboxylic acids is 1. The van der Waals surface area contributed by atoms with Crippen LogP contribution in [0.3, 0.4) is 0 Å². The number of nitrogens with zero attached hydrogens (tertiary/aromatic N) is 1. The maximum atomic E-state index is 12.3. The van der Waals surface area contributed by atoms with Crippen LogP contribution in [0.5, 0.6) is 5.75 Å². The van der Waals surface area contributed by atoms with Crippen molar-refractivity contribution >= 4 is 28.6 Å². The quantitative estimate of drug-likeness (QED) is 0.381. The molecule has 140 valence electrons. The number of ether oxygens (including phenoxy) is 1. The zero-order valence-electron chi connectivity index (χ0n) is 15.1. The fourth-order valence-electron chi connectivity index (χ4n) is 2.44. The fourth-order valence-corrected chi connectivity index (χ4v) is 3.17. The van der Waals surface area contributed by atoms with Crippen LogP contribution in [0, 0.1) is 0 Å². The summed E-state index contributed by atoms with van der Waals surface area (Å²) in [4.78, 5) is 28.7. The minimum absolute atomic E-state index is 0.0112. The van der Waals surface area contributed by atoms with Crippen LogP contribution in [0.25, 0.3) is 11.0 Å². The molecule has 0 bridgehead atoms. The van der Waals surface area contributed by atoms with Gasteiger partial charge in [-0.3, -0.25) is 4.79 Å². The highest BCUT2D eigenvalue weighted by atomic mass is 32.2. The Hall–Kier alpha value is -2.80. The lowest BCUT2D eigenvalue weighted by atomic mass is 10.1. The van der Waals surface area contributed by atoms with E-state index >= 15 is 0 Å². The Morgan fingerprint density at radius 2 is 2.11 bits per heavy atom. The van der Waals surface area contributed by atoms with E-state index in [9.17, 15) is 9.59 Å². The molecule has 7 heteroatoms. The molecule has 1 amide bonds. The van der Waals surface area contributed by atoms with E-state index in [0.29, 0.717) is 29.0 Å². The van der Waals surface area contributed by atoms with E-state index in [-0.39, 0.29) is 11.7 Å². The van der Waals surface area contributed by atoms with Crippen molar-refractivity contribution in [2.24, 2.45) is 0 Å². The van der Waals surface area contributed by atoms with Crippen molar-refractivity contribution in [2.75, 3.05) is 12.3 Å². The molecule has 0 unspecified atom stereocenters. The van der Waals surface area contributed by atoms with Crippen molar-refractivity contribution in [1.82, 2.24) is 10.3 Å². The van der Waals surface area contributed by atoms with Crippen LogP contribution >= 0.6 is 11.8 Å². The van der Waals surface area contributed by atoms with Crippen LogP contribution in [0.4, 0.5) is 0 Å². The predicted octanol–water partition coefficient (Wildman–Crippen LogP) is 3.50. The Labute approximate surface area is 160 Å². The number of hydrogen-bond acceptors (Lipinski definition) is 6. The van der Waals surface area contributed by atoms with Crippen molar-refractivity contribution in [1.29, 1.82) is 0 Å². The van der Waals surface area contributed by atoms with Crippen LogP contribution in [-0.2, 0) is 0 Å². The minimum atomic E-state index is -0.668. The zero-order chi connectivity index (χ0) is 19.2. The molecule has 0 saturated heterocycles. The Morgan fingerprint density at radius 3 is 2.85 bits per heavy atom. The van der Waals surface area contributed by atoms with Crippen LogP contribution in [0.15, 0.2) is 62.9 Å². The highest BCUT2D eigenvalue weighted by Gasteiger charge is 2.14. The monoisotopic (exact) mass is 384 g/mol. The van der Waals surface area contributed by atoms with E-state index in [1.165, 1.54) is 11.8 Å². The lowest BCUT2D eigenvalue weighted by Crippen LogP contribution is -2.30. The topological polar surface area (TPSA) is 81.4 Å². The standard InChI is InChI=1S/C20H20N2O4S/c1-13(2)25-15-7-6-14-11-16(20(24)26-17(14)12-15)19(23)22-9-10-27-18-5-3-4-8-21-18/h3-8,11-13H,9-10H2,1-2H3,(H,22,23). The minimum Gasteiger partial charge on any atom is -0.491 e. The number of thioether (sulfide) groups is 1. The summed E-state index contributed by atoms with van der Waals surface area (Å²) in [5.74, 6) is 0.816. The summed E-state index contributed by atoms with van der Waals surface area (Å²) in [6, 6.07) is 12.4. The second-order valence-electron chi connectivity index (χ2n) is 6.09. The van der Waals surface area contributed by atoms with Gasteiger partial charge in [-0.1, -0.05) is 6.07 Å². The summed E-state index contributed by atoms with van der Waals surface area (Å²) in [6.45, 7) is 4.25. The average Bonchev–Trinajstić information content (AvgIpc) is 2.65. The van der Waals surface area contributed by atoms with E-state index < -0.39 is 11.5 Å². The van der Waals surface area contributed by atoms with Crippen molar-refractivity contribution in [3.05, 3.63) is 64.6 Å². The molecule has 3 aromatic rings. The lowest BCUT2D eigenvalue weighted by Gasteiger charge is -2.10. The highest BCUT2D eigenvalue weighted by Crippen LogP contribution is 2.21. The molecule has 0 aliphatic carbocycles. The van der Waals surface area contributed by atoms with E-state index in [0.717, 1.165) is 5.03 Å². The number of benzene rings is 1. The molecule has 0 fully saturated rings. The van der Waals surface area contributed by atoms with E-state index in [2.05, 4.69) is 10.3 Å². The molecule has 2 aromatic heterocycles. The van der Waals surface area contributed by atoms with Gasteiger partial charge in [-0.15, -0.1) is 11.8 Å². The number of rotatable bonds is 7. The van der Waals surface area contributed by atoms with Gasteiger partial charge in [0, 0.05) is 29.9 Å². The molecule has 3 rings (SSSR count). The molecular formula is C20H20N2O4S. The third-order valence-electron chi connectivity index (χ3n) is 3.60. The molecule has 0 aliphatic rings. The molecule has 0 spiro atoms. The molecule has 0 saturated carbocycles. The molecular weight excluding hydrogens is 364 g/mol. The second-order valence-corrected chi connectivity index (χ2v) is 7.20. The molecule has 0 radical (unpaired) electrons. The van der Waals surface area contributed by atoms with Gasteiger partial charge >= 0.3 is 5.63 Å². The summed E-state index contributed by atoms with van der Waals surface area (Å²) < 4.78 is 10.9. The third-order valence-corrected chi connectivity index (χ3v) is 4.54. The van der Waals surface area contributed by atoms with Gasteiger partial charge in [0.1, 0.15) is 16.9 Å². The van der Waals surface area contributed by atoms with E-state index in [1.54, 1.807) is 30.5 Å². The Kier molecular flexibility index (Phi) is 6.13. The Morgan fingerprint density at radius 1 is 1.26 bits per heavy atom. The largest absolute Gasteiger partial charge is 0.491 e. The molecule has 0 aliphatic heterocycles. The average molecular weight is 384 g/mol. The summed E-state index contributed by atoms with van der Waals surface area (Å²) in [7, 11) is 0. The van der Waals surface area contributed by atoms with Gasteiger partial charge in [-0.25, -0.2) is 9.78 Å². The van der Waals surface area contributed by atoms with Gasteiger partial charge in [0.2, 0.25) is 0 Å². The second kappa shape index (κ2) is 8.73. The van der Waals surface area contributed by atoms with E-state index in [1.807, 2.05) is 32.0 Å². The van der Waals surface area contributed by atoms with Gasteiger partial charge in [0.05, 0.1) is 11.1 Å². The van der Waals surface area contributed by atoms with Gasteiger partial charge in [0.15, 0.2) is 0 Å². The zero-order valence-corrected chi connectivity index (χ0v) is 15.9. The van der Waals surface area contributed by atoms with Gasteiger partial charge < -0.3 is 14.5 Å². The fraction of sp³-hybridized carbons (Fsp3) is 0.250. The first-order valence-electron chi connectivity index (χ1n) is 8.59. The smallest absolute Gasteiger partial charge is 0.349 e. The first kappa shape index (κ1) is 19.0. The summed E-state index contributed by atoms with van der Waals surface area (Å²) >= 11 is 1.53. The van der Waals surface area contributed by atoms with Crippen LogP contribution in [0.1, 0.15) is 24.2 Å². The number of aromatic nitrogens is 1. The molecule has 27 heavy (non-hydrogen) atoms. The SMILES string of the molecule is CC(C)Oc1ccc2cc(C(=O)NCCSc3ccccn3)c(=O)oc2c1. The van der Waals surface area contributed by atoms with Gasteiger partial charge in [-0.2, -0.15) is 0 Å². The normalized spacial score (nSPS) is 10.9. The third kappa shape index (κ3) is 5.10. The van der Waals surface area contributed by atoms with Crippen LogP contribution in [0.2, 0.25) is 0 Å². The predicted molar refractivity (Wildman–Crippen MR) is 106 cm³/mol. The molecule has 1 aromatic carbocycles. The van der Waals surface area contributed by atoms with Crippen molar-refractivity contribution < 1.29 is 13.9 Å². The van der Waals surface area contributed by atoms with Crippen LogP contribution in [-0.4, -0.2) is 29.3 Å². The summed E-state index contributed by atoms with van der Waals surface area (Å²) in [5.41, 5.74) is -0.289. The van der Waals surface area contributed by atoms with Crippen LogP contribution < -0.4 is 15.7 Å². The first-order chi connectivity index (χ1) is 13.0. The van der Waals surface area contributed by atoms with Crippen molar-refractivity contribution in [2.45, 2.75) is 25.0 Å². The molecule has 1 N–H and O–H groups in total. The number of pyridine rings is 1. The first-order valence-corrected chi connectivity index (χ1v) is 9.58. The number of carbonyl (C=O) groups is 1. The van der Waals surface area contributed by atoms with Crippen molar-refractivity contribution in [3.63, 3.8) is 0 Å². The summed E-state index contributed by atoms with van der Waals surface area (Å²) in [6.07, 6.45) is 1.74. The number of amides is 1.